The Hall–Kier alpha value is -2.86. The molecular weight excluding hydrogens is 356 g/mol. The third-order valence-corrected chi connectivity index (χ3v) is 5.95. The zero-order valence-corrected chi connectivity index (χ0v) is 15.9. The molecule has 6 nitrogen and oxygen atoms in total. The van der Waals surface area contributed by atoms with Crippen LogP contribution < -0.4 is 10.1 Å². The Morgan fingerprint density at radius 3 is 2.64 bits per heavy atom. The minimum absolute atomic E-state index is 0.100. The first-order valence-corrected chi connectivity index (χ1v) is 9.54. The second-order valence-corrected chi connectivity index (χ2v) is 7.66. The number of fused-ring (bicyclic) bond motifs is 1. The second kappa shape index (κ2) is 7.28. The van der Waals surface area contributed by atoms with Gasteiger partial charge in [0.2, 0.25) is 5.91 Å². The first kappa shape index (κ1) is 18.5. The molecule has 1 atom stereocenters. The van der Waals surface area contributed by atoms with Crippen LogP contribution in [0.4, 0.5) is 0 Å². The van der Waals surface area contributed by atoms with Gasteiger partial charge in [-0.1, -0.05) is 18.2 Å². The number of hydroxylamine groups is 2. The van der Waals surface area contributed by atoms with Crippen molar-refractivity contribution in [3.05, 3.63) is 64.7 Å². The lowest BCUT2D eigenvalue weighted by atomic mass is 9.70. The molecular formula is C22H24N2O4. The van der Waals surface area contributed by atoms with Crippen molar-refractivity contribution < 1.29 is 19.5 Å². The standard InChI is InChI=1S/C22H24N2O4/c1-28-19-6-2-15(3-7-19)14-24(27)20(25)17-4-5-18-13-22(9-8-16(18)12-17)10-11-23-21(22)26/h2-7,12,27H,8-11,13-14H2,1H3,(H,23,26)/t22-/m1/s1. The van der Waals surface area contributed by atoms with E-state index in [4.69, 9.17) is 4.74 Å². The Morgan fingerprint density at radius 1 is 1.18 bits per heavy atom. The molecule has 1 aliphatic carbocycles. The molecule has 0 bridgehead atoms. The van der Waals surface area contributed by atoms with E-state index in [2.05, 4.69) is 5.32 Å². The monoisotopic (exact) mass is 380 g/mol. The Labute approximate surface area is 164 Å². The number of rotatable bonds is 4. The van der Waals surface area contributed by atoms with Crippen LogP contribution in [-0.2, 0) is 24.2 Å². The van der Waals surface area contributed by atoms with Crippen molar-refractivity contribution in [2.45, 2.75) is 32.2 Å². The number of nitrogens with one attached hydrogen (secondary N) is 1. The summed E-state index contributed by atoms with van der Waals surface area (Å²) in [5, 5.41) is 13.9. The molecule has 1 spiro atoms. The molecule has 2 amide bonds. The molecule has 0 radical (unpaired) electrons. The summed E-state index contributed by atoms with van der Waals surface area (Å²) in [5.41, 5.74) is 3.20. The second-order valence-electron chi connectivity index (χ2n) is 7.66. The van der Waals surface area contributed by atoms with Gasteiger partial charge in [0.15, 0.2) is 0 Å². The number of carbonyl (C=O) groups excluding carboxylic acids is 2. The summed E-state index contributed by atoms with van der Waals surface area (Å²) >= 11 is 0. The number of ether oxygens (including phenoxy) is 1. The number of aryl methyl sites for hydroxylation is 1. The highest BCUT2D eigenvalue weighted by atomic mass is 16.5. The summed E-state index contributed by atoms with van der Waals surface area (Å²) in [6.07, 6.45) is 3.17. The lowest BCUT2D eigenvalue weighted by Gasteiger charge is -2.32. The van der Waals surface area contributed by atoms with Gasteiger partial charge in [-0.15, -0.1) is 0 Å². The molecule has 28 heavy (non-hydrogen) atoms. The van der Waals surface area contributed by atoms with Gasteiger partial charge in [-0.05, 0) is 66.6 Å². The lowest BCUT2D eigenvalue weighted by Crippen LogP contribution is -2.36. The van der Waals surface area contributed by atoms with E-state index in [1.165, 1.54) is 0 Å². The van der Waals surface area contributed by atoms with E-state index < -0.39 is 5.91 Å². The molecule has 2 N–H and O–H groups in total. The molecule has 1 aliphatic heterocycles. The minimum atomic E-state index is -0.433. The Morgan fingerprint density at radius 2 is 1.96 bits per heavy atom. The number of nitrogens with zero attached hydrogens (tertiary/aromatic N) is 1. The molecule has 6 heteroatoms. The summed E-state index contributed by atoms with van der Waals surface area (Å²) < 4.78 is 5.12. The smallest absolute Gasteiger partial charge is 0.277 e. The van der Waals surface area contributed by atoms with Crippen LogP contribution in [0.5, 0.6) is 5.75 Å². The molecule has 1 fully saturated rings. The van der Waals surface area contributed by atoms with Crippen LogP contribution in [0.25, 0.3) is 0 Å². The van der Waals surface area contributed by atoms with Crippen molar-refractivity contribution in [3.63, 3.8) is 0 Å². The Bertz CT molecular complexity index is 909. The van der Waals surface area contributed by atoms with Crippen LogP contribution in [0.15, 0.2) is 42.5 Å². The van der Waals surface area contributed by atoms with Crippen LogP contribution in [0.2, 0.25) is 0 Å². The van der Waals surface area contributed by atoms with Crippen molar-refractivity contribution in [2.24, 2.45) is 5.41 Å². The molecule has 1 saturated heterocycles. The van der Waals surface area contributed by atoms with Gasteiger partial charge in [0.25, 0.3) is 5.91 Å². The van der Waals surface area contributed by atoms with E-state index >= 15 is 0 Å². The summed E-state index contributed by atoms with van der Waals surface area (Å²) in [4.78, 5) is 24.9. The van der Waals surface area contributed by atoms with Crippen molar-refractivity contribution >= 4 is 11.8 Å². The van der Waals surface area contributed by atoms with Gasteiger partial charge in [0.05, 0.1) is 19.1 Å². The van der Waals surface area contributed by atoms with E-state index in [1.807, 2.05) is 24.3 Å². The first-order valence-electron chi connectivity index (χ1n) is 9.54. The largest absolute Gasteiger partial charge is 0.497 e. The summed E-state index contributed by atoms with van der Waals surface area (Å²) in [5.74, 6) is 0.444. The maximum Gasteiger partial charge on any atom is 0.277 e. The lowest BCUT2D eigenvalue weighted by molar-refractivity contribution is -0.128. The third-order valence-electron chi connectivity index (χ3n) is 5.95. The van der Waals surface area contributed by atoms with E-state index in [0.717, 1.165) is 59.7 Å². The van der Waals surface area contributed by atoms with Crippen molar-refractivity contribution in [3.8, 4) is 5.75 Å². The summed E-state index contributed by atoms with van der Waals surface area (Å²) in [6.45, 7) is 0.846. The number of benzene rings is 2. The highest BCUT2D eigenvalue weighted by Crippen LogP contribution is 2.41. The van der Waals surface area contributed by atoms with E-state index in [-0.39, 0.29) is 17.9 Å². The summed E-state index contributed by atoms with van der Waals surface area (Å²) in [6, 6.07) is 12.7. The molecule has 0 unspecified atom stereocenters. The highest BCUT2D eigenvalue weighted by Gasteiger charge is 2.44. The van der Waals surface area contributed by atoms with Gasteiger partial charge in [0.1, 0.15) is 5.75 Å². The fourth-order valence-electron chi connectivity index (χ4n) is 4.24. The SMILES string of the molecule is COc1ccc(CN(O)C(=O)c2ccc3c(c2)CC[C@@]2(CCNC2=O)C3)cc1. The van der Waals surface area contributed by atoms with E-state index in [1.54, 1.807) is 25.3 Å². The molecule has 2 aromatic rings. The van der Waals surface area contributed by atoms with Crippen LogP contribution in [0.1, 0.15) is 39.9 Å². The Balaban J connectivity index is 1.47. The highest BCUT2D eigenvalue weighted by molar-refractivity contribution is 5.94. The number of carbonyl (C=O) groups is 2. The topological polar surface area (TPSA) is 78.9 Å². The predicted octanol–water partition coefficient (Wildman–Crippen LogP) is 2.72. The maximum atomic E-state index is 12.6. The van der Waals surface area contributed by atoms with Gasteiger partial charge >= 0.3 is 0 Å². The third kappa shape index (κ3) is 3.36. The first-order chi connectivity index (χ1) is 13.5. The fraction of sp³-hybridized carbons (Fsp3) is 0.364. The van der Waals surface area contributed by atoms with Crippen molar-refractivity contribution in [2.75, 3.05) is 13.7 Å². The maximum absolute atomic E-state index is 12.6. The van der Waals surface area contributed by atoms with Gasteiger partial charge in [-0.2, -0.15) is 0 Å². The number of hydrogen-bond donors (Lipinski definition) is 2. The van der Waals surface area contributed by atoms with Crippen molar-refractivity contribution in [1.82, 2.24) is 10.4 Å². The van der Waals surface area contributed by atoms with Crippen LogP contribution in [0, 0.1) is 5.41 Å². The van der Waals surface area contributed by atoms with E-state index in [9.17, 15) is 14.8 Å². The summed E-state index contributed by atoms with van der Waals surface area (Å²) in [7, 11) is 1.59. The average Bonchev–Trinajstić information content (AvgIpc) is 3.07. The average molecular weight is 380 g/mol. The zero-order chi connectivity index (χ0) is 19.7. The van der Waals surface area contributed by atoms with Gasteiger partial charge in [-0.25, -0.2) is 5.06 Å². The van der Waals surface area contributed by atoms with E-state index in [0.29, 0.717) is 5.56 Å². The van der Waals surface area contributed by atoms with Gasteiger partial charge < -0.3 is 10.1 Å². The molecule has 4 rings (SSSR count). The molecule has 2 aliphatic rings. The molecule has 0 saturated carbocycles. The normalized spacial score (nSPS) is 20.6. The van der Waals surface area contributed by atoms with Gasteiger partial charge in [-0.3, -0.25) is 14.8 Å². The molecule has 146 valence electrons. The van der Waals surface area contributed by atoms with Crippen molar-refractivity contribution in [1.29, 1.82) is 0 Å². The van der Waals surface area contributed by atoms with Crippen LogP contribution in [-0.4, -0.2) is 35.7 Å². The van der Waals surface area contributed by atoms with Crippen LogP contribution >= 0.6 is 0 Å². The van der Waals surface area contributed by atoms with Crippen LogP contribution in [0.3, 0.4) is 0 Å². The molecule has 2 aromatic carbocycles. The quantitative estimate of drug-likeness (QED) is 0.631. The van der Waals surface area contributed by atoms with Gasteiger partial charge in [0, 0.05) is 12.1 Å². The molecule has 1 heterocycles. The molecule has 0 aromatic heterocycles. The predicted molar refractivity (Wildman–Crippen MR) is 103 cm³/mol. The number of methoxy groups -OCH3 is 1. The number of amides is 2. The Kier molecular flexibility index (Phi) is 4.81. The zero-order valence-electron chi connectivity index (χ0n) is 15.9. The fourth-order valence-corrected chi connectivity index (χ4v) is 4.24. The number of hydrogen-bond acceptors (Lipinski definition) is 4. The minimum Gasteiger partial charge on any atom is -0.497 e.